The third-order valence-electron chi connectivity index (χ3n) is 8.29. The summed E-state index contributed by atoms with van der Waals surface area (Å²) in [7, 11) is 3.17. The number of anilines is 1. The van der Waals surface area contributed by atoms with Gasteiger partial charge in [0.25, 0.3) is 5.91 Å². The van der Waals surface area contributed by atoms with Crippen LogP contribution in [-0.2, 0) is 27.3 Å². The lowest BCUT2D eigenvalue weighted by Crippen LogP contribution is -2.34. The van der Waals surface area contributed by atoms with Crippen molar-refractivity contribution in [2.75, 3.05) is 25.7 Å². The SMILES string of the molecule is C#CC#CC#CC#CC#CC#CC#CC#CC#CC#CC#CC#CC#C.COc1ccc(Cn2c(=O)n3ncnc3c3c4c(sc32)N(C(=O)c2ccccc2)CCC4)cc1OC.N=N/N=N/N(OO)OOS.[HH].[HH].[HH].[HH].[HH].[HH].[HH].[HH].[HH].[HH].[HH].[HH].[HH].[HH].[HH]. The third-order valence-corrected chi connectivity index (χ3v) is 9.63. The van der Waals surface area contributed by atoms with E-state index < -0.39 is 0 Å². The fraction of sp³-hybridized carbons (Fsp3) is 0.115. The number of terminal acetylenes is 2. The summed E-state index contributed by atoms with van der Waals surface area (Å²) in [6, 6.07) is 14.9. The predicted octanol–water partition coefficient (Wildman–Crippen LogP) is 8.46. The number of rotatable bonds is 10. The van der Waals surface area contributed by atoms with Crippen LogP contribution in [0, 0.1) is 160 Å². The highest BCUT2D eigenvalue weighted by Gasteiger charge is 2.30. The van der Waals surface area contributed by atoms with Crippen molar-refractivity contribution in [3.8, 4) is 166 Å². The summed E-state index contributed by atoms with van der Waals surface area (Å²) in [4.78, 5) is 41.1. The van der Waals surface area contributed by atoms with Gasteiger partial charge in [0.15, 0.2) is 17.1 Å². The summed E-state index contributed by atoms with van der Waals surface area (Å²) >= 11 is 4.56. The van der Waals surface area contributed by atoms with Gasteiger partial charge in [-0.15, -0.1) is 17.2 Å². The summed E-state index contributed by atoms with van der Waals surface area (Å²) in [5.41, 5.74) is 8.86. The van der Waals surface area contributed by atoms with Crippen molar-refractivity contribution in [2.45, 2.75) is 19.4 Å². The molecule has 1 amide bonds. The van der Waals surface area contributed by atoms with Gasteiger partial charge in [-0.25, -0.2) is 15.0 Å². The molecule has 1 aliphatic heterocycles. The number of hydrogen-bond donors (Lipinski definition) is 3. The normalized spacial score (nSPS) is 9.39. The Kier molecular flexibility index (Phi) is 23.4. The van der Waals surface area contributed by atoms with Gasteiger partial charge in [-0.2, -0.15) is 15.1 Å². The van der Waals surface area contributed by atoms with Crippen LogP contribution in [0.15, 0.2) is 75.3 Å². The highest BCUT2D eigenvalue weighted by molar-refractivity contribution is 7.74. The molecule has 1 aliphatic rings. The van der Waals surface area contributed by atoms with Gasteiger partial charge in [0.05, 0.1) is 31.5 Å². The Balaban J connectivity index is -0.0000000998. The highest BCUT2D eigenvalue weighted by atomic mass is 32.1. The van der Waals surface area contributed by atoms with E-state index in [-0.39, 0.29) is 38.3 Å². The standard InChI is InChI=1S/C26H23N5O4S.C26H2.H3N5O4S.15H2/c1-34-19-11-10-16(13-20(19)35-2)14-30-25-21(22-27-15-28-31(22)26(30)33)18-9-6-12-29(24(18)36-25)23(32)17-7-4-3-5-8-17;1-3-5-7-9-11-13-15-17-19-21-23-25-26-24-22-20-18-16-14-12-10-8-6-4-2;1-2-3-4-5(7-6)8-9-10;;;;;;;;;;;;;;;/h3-5,7-8,10-11,13,15H,6,9,12,14H2,1-2H3;1-2H;1,6,10H;15*1H/b;;2-1?,4-3+;;;;;;;;;;;;;;;. The van der Waals surface area contributed by atoms with Gasteiger partial charge >= 0.3 is 5.69 Å². The maximum atomic E-state index is 13.5. The van der Waals surface area contributed by atoms with Crippen molar-refractivity contribution in [2.24, 2.45) is 15.7 Å². The zero-order valence-electron chi connectivity index (χ0n) is 37.4. The molecule has 72 heavy (non-hydrogen) atoms. The van der Waals surface area contributed by atoms with Crippen molar-refractivity contribution in [3.63, 3.8) is 0 Å². The summed E-state index contributed by atoms with van der Waals surface area (Å²) in [6.07, 6.45) is 12.8. The van der Waals surface area contributed by atoms with Crippen LogP contribution >= 0.6 is 24.2 Å². The first kappa shape index (κ1) is 53.9. The Bertz CT molecular complexity index is 3720. The molecule has 20 heteroatoms. The number of fused-ring (bicyclic) bond motifs is 5. The Hall–Kier alpha value is -10.7. The second kappa shape index (κ2) is 31.3. The molecule has 0 fully saturated rings. The van der Waals surface area contributed by atoms with Crippen LogP contribution in [-0.4, -0.2) is 56.4 Å². The lowest BCUT2D eigenvalue weighted by Gasteiger charge is -2.26. The maximum absolute atomic E-state index is 13.5. The van der Waals surface area contributed by atoms with E-state index >= 15 is 0 Å². The molecule has 0 bridgehead atoms. The number of ether oxygens (including phenoxy) is 2. The molecule has 6 rings (SSSR count). The van der Waals surface area contributed by atoms with Crippen LogP contribution < -0.4 is 20.1 Å². The van der Waals surface area contributed by atoms with Crippen LogP contribution in [0.1, 0.15) is 49.3 Å². The second-order valence-electron chi connectivity index (χ2n) is 12.3. The van der Waals surface area contributed by atoms with Crippen LogP contribution in [0.3, 0.4) is 0 Å². The van der Waals surface area contributed by atoms with Gasteiger partial charge in [-0.05, 0) is 153 Å². The van der Waals surface area contributed by atoms with Crippen molar-refractivity contribution in [1.82, 2.24) is 24.5 Å². The van der Waals surface area contributed by atoms with Crippen molar-refractivity contribution >= 4 is 51.0 Å². The zero-order valence-corrected chi connectivity index (χ0v) is 39.1. The van der Waals surface area contributed by atoms with E-state index in [0.717, 1.165) is 39.2 Å². The van der Waals surface area contributed by atoms with Gasteiger partial charge in [-0.3, -0.25) is 14.3 Å². The largest absolute Gasteiger partial charge is 0.493 e. The van der Waals surface area contributed by atoms with E-state index in [4.69, 9.17) is 33.1 Å². The van der Waals surface area contributed by atoms with Crippen molar-refractivity contribution in [3.05, 3.63) is 82.0 Å². The minimum absolute atomic E-state index is 0. The van der Waals surface area contributed by atoms with Gasteiger partial charge in [-0.1, -0.05) is 40.6 Å². The number of aryl methyl sites for hydroxylation is 1. The zero-order chi connectivity index (χ0) is 51.6. The number of thiol groups is 1. The Morgan fingerprint density at radius 3 is 1.86 bits per heavy atom. The quantitative estimate of drug-likeness (QED) is 0.0303. The van der Waals surface area contributed by atoms with Gasteiger partial charge in [0.2, 0.25) is 0 Å². The van der Waals surface area contributed by atoms with E-state index in [9.17, 15) is 9.59 Å². The number of carbonyl (C=O) groups is 1. The molecule has 0 radical (unpaired) electrons. The average molecular weight is 1020 g/mol. The molecule has 0 aliphatic carbocycles. The van der Waals surface area contributed by atoms with Crippen molar-refractivity contribution in [1.29, 1.82) is 5.53 Å². The number of hydrogen-bond acceptors (Lipinski definition) is 14. The van der Waals surface area contributed by atoms with Gasteiger partial charge < -0.3 is 9.47 Å². The van der Waals surface area contributed by atoms with Gasteiger partial charge in [0, 0.05) is 105 Å². The molecular weight excluding hydrogens is 957 g/mol. The van der Waals surface area contributed by atoms with Crippen LogP contribution in [0.2, 0.25) is 0 Å². The van der Waals surface area contributed by atoms with Crippen LogP contribution in [0.5, 0.6) is 11.5 Å². The molecule has 0 saturated carbocycles. The third kappa shape index (κ3) is 16.6. The molecule has 5 aromatic rings. The molecule has 0 saturated heterocycles. The summed E-state index contributed by atoms with van der Waals surface area (Å²) < 4.78 is 17.5. The number of carbonyl (C=O) groups excluding carboxylic acids is 1. The fourth-order valence-corrected chi connectivity index (χ4v) is 7.06. The number of nitrogens with zero attached hydrogens (tertiary/aromatic N) is 9. The topological polar surface area (TPSA) is 203 Å². The van der Waals surface area contributed by atoms with Crippen LogP contribution in [0.4, 0.5) is 5.00 Å². The number of thiophene rings is 1. The molecule has 18 nitrogen and oxygen atoms in total. The number of aromatic nitrogens is 4. The Labute approximate surface area is 444 Å². The molecular formula is C52H58N10O8S2. The molecule has 376 valence electrons. The Morgan fingerprint density at radius 1 is 0.833 bits per heavy atom. The molecule has 4 heterocycles. The van der Waals surface area contributed by atoms with E-state index in [2.05, 4.69) is 195 Å². The monoisotopic (exact) mass is 1010 g/mol. The first-order chi connectivity index (χ1) is 35.4. The lowest BCUT2D eigenvalue weighted by molar-refractivity contribution is -0.572. The molecule has 3 aromatic heterocycles. The number of benzene rings is 2. The molecule has 0 unspecified atom stereocenters. The van der Waals surface area contributed by atoms with Crippen LogP contribution in [0.25, 0.3) is 15.9 Å². The van der Waals surface area contributed by atoms with E-state index in [1.165, 1.54) is 22.2 Å². The number of methoxy groups -OCH3 is 2. The smallest absolute Gasteiger partial charge is 0.352 e. The van der Waals surface area contributed by atoms with Gasteiger partial charge in [0.1, 0.15) is 16.2 Å². The summed E-state index contributed by atoms with van der Waals surface area (Å²) in [5, 5.41) is 21.7. The first-order valence-electron chi connectivity index (χ1n) is 19.6. The summed E-state index contributed by atoms with van der Waals surface area (Å²) in [6.45, 7) is 0.925. The Morgan fingerprint density at radius 2 is 1.38 bits per heavy atom. The number of nitrogens with one attached hydrogen (secondary N) is 1. The molecule has 0 spiro atoms. The second-order valence-corrected chi connectivity index (χ2v) is 13.5. The lowest BCUT2D eigenvalue weighted by atomic mass is 10.0. The maximum Gasteiger partial charge on any atom is 0.352 e. The van der Waals surface area contributed by atoms with E-state index in [0.29, 0.717) is 35.8 Å². The molecule has 2 N–H and O–H groups in total. The molecule has 2 aromatic carbocycles. The minimum Gasteiger partial charge on any atom is -0.493 e. The van der Waals surface area contributed by atoms with E-state index in [1.807, 2.05) is 53.4 Å². The first-order valence-corrected chi connectivity index (χ1v) is 20.8. The average Bonchev–Trinajstić information content (AvgIpc) is 4.07. The molecule has 0 atom stereocenters. The number of amides is 1. The predicted molar refractivity (Wildman–Crippen MR) is 299 cm³/mol. The minimum atomic E-state index is -0.288. The highest BCUT2D eigenvalue weighted by Crippen LogP contribution is 2.43. The summed E-state index contributed by atoms with van der Waals surface area (Å²) in [5.74, 6) is 59.3. The van der Waals surface area contributed by atoms with Crippen molar-refractivity contribution < 1.29 is 55.2 Å². The fourth-order valence-electron chi connectivity index (χ4n) is 5.63. The van der Waals surface area contributed by atoms with E-state index in [1.54, 1.807) is 18.8 Å².